The summed E-state index contributed by atoms with van der Waals surface area (Å²) in [5, 5.41) is 16.1. The molecular weight excluding hydrogens is 134 g/mol. The van der Waals surface area contributed by atoms with Gasteiger partial charge in [0.15, 0.2) is 0 Å². The Hall–Kier alpha value is -0.610. The number of hydrogen-bond acceptors (Lipinski definition) is 3. The van der Waals surface area contributed by atoms with E-state index in [0.717, 1.165) is 0 Å². The van der Waals surface area contributed by atoms with Gasteiger partial charge in [-0.2, -0.15) is 0 Å². The number of nitrogens with zero attached hydrogens (tertiary/aromatic N) is 1. The van der Waals surface area contributed by atoms with Gasteiger partial charge in [-0.15, -0.1) is 0 Å². The second-order valence-electron chi connectivity index (χ2n) is 3.42. The zero-order chi connectivity index (χ0) is 8.36. The molecule has 2 N–H and O–H groups in total. The van der Waals surface area contributed by atoms with E-state index < -0.39 is 5.91 Å². The van der Waals surface area contributed by atoms with Crippen molar-refractivity contribution in [3.05, 3.63) is 0 Å². The first kappa shape index (κ1) is 9.39. The topological polar surface area (TPSA) is 60.8 Å². The molecular formula is C6H13NO3. The van der Waals surface area contributed by atoms with E-state index in [9.17, 15) is 4.79 Å². The third kappa shape index (κ3) is 4.29. The number of hydrogen-bond donors (Lipinski definition) is 2. The molecule has 0 aliphatic heterocycles. The SMILES string of the molecule is CC(C)(C)CC(=O)N(O)O. The number of carbonyl (C=O) groups excluding carboxylic acids is 1. The van der Waals surface area contributed by atoms with E-state index in [1.807, 2.05) is 20.8 Å². The lowest BCUT2D eigenvalue weighted by molar-refractivity contribution is -0.286. The van der Waals surface area contributed by atoms with Crippen LogP contribution in [0.15, 0.2) is 0 Å². The highest BCUT2D eigenvalue weighted by molar-refractivity contribution is 5.74. The Bertz CT molecular complexity index is 125. The molecule has 0 aromatic heterocycles. The molecule has 0 bridgehead atoms. The maximum Gasteiger partial charge on any atom is 0.273 e. The Kier molecular flexibility index (Phi) is 2.80. The smallest absolute Gasteiger partial charge is 0.270 e. The molecule has 0 fully saturated rings. The standard InChI is InChI=1S/C6H13NO3/c1-6(2,3)4-5(8)7(9)10/h9-10H,4H2,1-3H3. The average Bonchev–Trinajstić information content (AvgIpc) is 1.60. The molecule has 0 unspecified atom stereocenters. The molecule has 10 heavy (non-hydrogen) atoms. The molecule has 0 aromatic carbocycles. The lowest BCUT2D eigenvalue weighted by Gasteiger charge is -2.17. The van der Waals surface area contributed by atoms with E-state index in [1.54, 1.807) is 0 Å². The van der Waals surface area contributed by atoms with E-state index in [4.69, 9.17) is 10.4 Å². The molecule has 0 aliphatic rings. The summed E-state index contributed by atoms with van der Waals surface area (Å²) >= 11 is 0. The van der Waals surface area contributed by atoms with Crippen molar-refractivity contribution in [1.29, 1.82) is 0 Å². The Morgan fingerprint density at radius 3 is 1.90 bits per heavy atom. The van der Waals surface area contributed by atoms with Crippen LogP contribution < -0.4 is 0 Å². The van der Waals surface area contributed by atoms with Gasteiger partial charge in [0.25, 0.3) is 5.91 Å². The number of amides is 1. The second kappa shape index (κ2) is 2.98. The number of carbonyl (C=O) groups is 1. The molecule has 60 valence electrons. The highest BCUT2D eigenvalue weighted by Crippen LogP contribution is 2.18. The Labute approximate surface area is 60.0 Å². The molecule has 4 nitrogen and oxygen atoms in total. The fraction of sp³-hybridized carbons (Fsp3) is 0.833. The summed E-state index contributed by atoms with van der Waals surface area (Å²) in [6, 6.07) is 0. The molecule has 0 heterocycles. The quantitative estimate of drug-likeness (QED) is 0.430. The minimum atomic E-state index is -0.687. The van der Waals surface area contributed by atoms with Crippen LogP contribution in [0.3, 0.4) is 0 Å². The van der Waals surface area contributed by atoms with Crippen LogP contribution in [0, 0.1) is 5.41 Å². The first-order valence-corrected chi connectivity index (χ1v) is 3.03. The molecule has 0 saturated heterocycles. The van der Waals surface area contributed by atoms with Crippen LogP contribution in [0.2, 0.25) is 0 Å². The van der Waals surface area contributed by atoms with Crippen molar-refractivity contribution in [1.82, 2.24) is 5.23 Å². The summed E-state index contributed by atoms with van der Waals surface area (Å²) in [6.45, 7) is 5.52. The van der Waals surface area contributed by atoms with Gasteiger partial charge < -0.3 is 0 Å². The first-order chi connectivity index (χ1) is 4.33. The van der Waals surface area contributed by atoms with Crippen molar-refractivity contribution >= 4 is 5.91 Å². The van der Waals surface area contributed by atoms with Crippen molar-refractivity contribution in [2.75, 3.05) is 0 Å². The van der Waals surface area contributed by atoms with E-state index in [1.165, 1.54) is 0 Å². The number of hydroxylamine groups is 2. The van der Waals surface area contributed by atoms with Crippen LogP contribution in [0.1, 0.15) is 27.2 Å². The number of rotatable bonds is 1. The molecule has 0 aromatic rings. The van der Waals surface area contributed by atoms with Gasteiger partial charge in [0, 0.05) is 6.42 Å². The van der Waals surface area contributed by atoms with Crippen molar-refractivity contribution < 1.29 is 15.2 Å². The summed E-state index contributed by atoms with van der Waals surface area (Å²) in [7, 11) is 0. The largest absolute Gasteiger partial charge is 0.273 e. The summed E-state index contributed by atoms with van der Waals surface area (Å²) in [5.41, 5.74) is -0.208. The Morgan fingerprint density at radius 1 is 1.40 bits per heavy atom. The average molecular weight is 147 g/mol. The fourth-order valence-corrected chi connectivity index (χ4v) is 0.524. The highest BCUT2D eigenvalue weighted by Gasteiger charge is 2.18. The van der Waals surface area contributed by atoms with Crippen molar-refractivity contribution in [2.45, 2.75) is 27.2 Å². The molecule has 0 atom stereocenters. The molecule has 4 heteroatoms. The van der Waals surface area contributed by atoms with Gasteiger partial charge in [-0.1, -0.05) is 26.0 Å². The Morgan fingerprint density at radius 2 is 1.80 bits per heavy atom. The maximum atomic E-state index is 10.6. The molecule has 0 aliphatic carbocycles. The summed E-state index contributed by atoms with van der Waals surface area (Å²) in [5.74, 6) is -0.687. The zero-order valence-corrected chi connectivity index (χ0v) is 6.46. The molecule has 1 amide bonds. The van der Waals surface area contributed by atoms with Crippen LogP contribution in [0.25, 0.3) is 0 Å². The molecule has 0 rings (SSSR count). The van der Waals surface area contributed by atoms with Gasteiger partial charge in [0.2, 0.25) is 0 Å². The van der Waals surface area contributed by atoms with E-state index in [0.29, 0.717) is 0 Å². The van der Waals surface area contributed by atoms with E-state index >= 15 is 0 Å². The summed E-state index contributed by atoms with van der Waals surface area (Å²) in [6.07, 6.45) is 0.125. The first-order valence-electron chi connectivity index (χ1n) is 3.03. The zero-order valence-electron chi connectivity index (χ0n) is 6.46. The Balaban J connectivity index is 3.81. The van der Waals surface area contributed by atoms with Gasteiger partial charge in [0.05, 0.1) is 0 Å². The van der Waals surface area contributed by atoms with Gasteiger partial charge in [-0.3, -0.25) is 15.2 Å². The van der Waals surface area contributed by atoms with Crippen molar-refractivity contribution in [3.63, 3.8) is 0 Å². The van der Waals surface area contributed by atoms with Crippen LogP contribution in [0.5, 0.6) is 0 Å². The fourth-order valence-electron chi connectivity index (χ4n) is 0.524. The lowest BCUT2D eigenvalue weighted by atomic mass is 9.92. The van der Waals surface area contributed by atoms with Gasteiger partial charge in [0.1, 0.15) is 0 Å². The highest BCUT2D eigenvalue weighted by atomic mass is 16.8. The van der Waals surface area contributed by atoms with Crippen molar-refractivity contribution in [3.8, 4) is 0 Å². The van der Waals surface area contributed by atoms with Crippen LogP contribution in [0.4, 0.5) is 0 Å². The summed E-state index contributed by atoms with van der Waals surface area (Å²) in [4.78, 5) is 10.6. The minimum absolute atomic E-state index is 0.125. The van der Waals surface area contributed by atoms with Gasteiger partial charge >= 0.3 is 0 Å². The normalized spacial score (nSPS) is 11.3. The second-order valence-corrected chi connectivity index (χ2v) is 3.42. The van der Waals surface area contributed by atoms with Crippen LogP contribution >= 0.6 is 0 Å². The predicted molar refractivity (Wildman–Crippen MR) is 34.5 cm³/mol. The monoisotopic (exact) mass is 147 g/mol. The third-order valence-electron chi connectivity index (χ3n) is 0.905. The molecule has 0 spiro atoms. The van der Waals surface area contributed by atoms with Gasteiger partial charge in [-0.25, -0.2) is 0 Å². The lowest BCUT2D eigenvalue weighted by Crippen LogP contribution is -2.27. The minimum Gasteiger partial charge on any atom is -0.270 e. The van der Waals surface area contributed by atoms with Crippen molar-refractivity contribution in [2.24, 2.45) is 5.41 Å². The van der Waals surface area contributed by atoms with Crippen LogP contribution in [-0.2, 0) is 4.79 Å². The van der Waals surface area contributed by atoms with Crippen LogP contribution in [-0.4, -0.2) is 21.5 Å². The third-order valence-corrected chi connectivity index (χ3v) is 0.905. The van der Waals surface area contributed by atoms with E-state index in [-0.39, 0.29) is 17.1 Å². The van der Waals surface area contributed by atoms with E-state index in [2.05, 4.69) is 0 Å². The summed E-state index contributed by atoms with van der Waals surface area (Å²) < 4.78 is 0. The molecule has 0 saturated carbocycles. The maximum absolute atomic E-state index is 10.6. The van der Waals surface area contributed by atoms with Gasteiger partial charge in [-0.05, 0) is 5.41 Å². The molecule has 0 radical (unpaired) electrons. The predicted octanol–water partition coefficient (Wildman–Crippen LogP) is 1.03.